The molecule has 0 amide bonds. The van der Waals surface area contributed by atoms with Crippen LogP contribution >= 0.6 is 0 Å². The highest BCUT2D eigenvalue weighted by molar-refractivity contribution is 5.78. The van der Waals surface area contributed by atoms with Crippen molar-refractivity contribution in [2.75, 3.05) is 5.73 Å². The van der Waals surface area contributed by atoms with Crippen molar-refractivity contribution < 1.29 is 14.3 Å². The van der Waals surface area contributed by atoms with Crippen molar-refractivity contribution in [1.29, 1.82) is 0 Å². The van der Waals surface area contributed by atoms with E-state index in [9.17, 15) is 9.59 Å². The largest absolute Gasteiger partial charge is 0.480 e. The summed E-state index contributed by atoms with van der Waals surface area (Å²) in [5.74, 6) is -1.80. The molecule has 0 aliphatic rings. The number of anilines is 1. The Labute approximate surface area is 83.5 Å². The second-order valence-electron chi connectivity index (χ2n) is 3.08. The van der Waals surface area contributed by atoms with Crippen LogP contribution in [0.1, 0.15) is 0 Å². The van der Waals surface area contributed by atoms with E-state index < -0.39 is 18.3 Å². The Kier molecular flexibility index (Phi) is 1.96. The molecule has 1 aromatic carbocycles. The molecule has 0 saturated heterocycles. The van der Waals surface area contributed by atoms with Crippen molar-refractivity contribution >= 4 is 22.8 Å². The average molecular weight is 208 g/mol. The SMILES string of the molecule is Nc1ccc2c(c1)oc(=O)n2CC(=O)O. The summed E-state index contributed by atoms with van der Waals surface area (Å²) in [6, 6.07) is 4.61. The molecule has 0 radical (unpaired) electrons. The number of nitrogens with zero attached hydrogens (tertiary/aromatic N) is 1. The van der Waals surface area contributed by atoms with E-state index in [0.717, 1.165) is 4.57 Å². The molecule has 0 aliphatic heterocycles. The summed E-state index contributed by atoms with van der Waals surface area (Å²) in [4.78, 5) is 21.8. The van der Waals surface area contributed by atoms with Crippen molar-refractivity contribution in [3.8, 4) is 0 Å². The van der Waals surface area contributed by atoms with Gasteiger partial charge in [-0.15, -0.1) is 0 Å². The first-order chi connectivity index (χ1) is 7.08. The quantitative estimate of drug-likeness (QED) is 0.690. The van der Waals surface area contributed by atoms with Crippen LogP contribution in [0.4, 0.5) is 5.69 Å². The summed E-state index contributed by atoms with van der Waals surface area (Å²) >= 11 is 0. The number of hydrogen-bond acceptors (Lipinski definition) is 4. The minimum absolute atomic E-state index is 0.293. The third-order valence-corrected chi connectivity index (χ3v) is 1.99. The van der Waals surface area contributed by atoms with Crippen LogP contribution in [0.5, 0.6) is 0 Å². The number of nitrogen functional groups attached to an aromatic ring is 1. The molecule has 6 nitrogen and oxygen atoms in total. The lowest BCUT2D eigenvalue weighted by atomic mass is 10.3. The van der Waals surface area contributed by atoms with E-state index in [1.165, 1.54) is 6.07 Å². The van der Waals surface area contributed by atoms with Gasteiger partial charge < -0.3 is 15.3 Å². The van der Waals surface area contributed by atoms with Gasteiger partial charge in [0.2, 0.25) is 0 Å². The molecular formula is C9H8N2O4. The highest BCUT2D eigenvalue weighted by Gasteiger charge is 2.11. The molecule has 0 fully saturated rings. The first kappa shape index (κ1) is 9.32. The molecule has 2 rings (SSSR count). The van der Waals surface area contributed by atoms with E-state index in [1.54, 1.807) is 12.1 Å². The maximum atomic E-state index is 11.3. The van der Waals surface area contributed by atoms with Crippen LogP contribution in [0.2, 0.25) is 0 Å². The fourth-order valence-electron chi connectivity index (χ4n) is 1.37. The molecule has 1 heterocycles. The number of rotatable bonds is 2. The number of oxazole rings is 1. The summed E-state index contributed by atoms with van der Waals surface area (Å²) in [7, 11) is 0. The fourth-order valence-corrected chi connectivity index (χ4v) is 1.37. The molecule has 0 bridgehead atoms. The van der Waals surface area contributed by atoms with Crippen LogP contribution in [-0.4, -0.2) is 15.6 Å². The number of hydrogen-bond donors (Lipinski definition) is 2. The van der Waals surface area contributed by atoms with E-state index in [2.05, 4.69) is 0 Å². The van der Waals surface area contributed by atoms with Crippen molar-refractivity contribution in [1.82, 2.24) is 4.57 Å². The molecule has 15 heavy (non-hydrogen) atoms. The van der Waals surface area contributed by atoms with Crippen LogP contribution in [-0.2, 0) is 11.3 Å². The van der Waals surface area contributed by atoms with Crippen molar-refractivity contribution in [3.63, 3.8) is 0 Å². The molecule has 6 heteroatoms. The van der Waals surface area contributed by atoms with Gasteiger partial charge in [-0.25, -0.2) is 4.79 Å². The van der Waals surface area contributed by atoms with Gasteiger partial charge in [0.1, 0.15) is 6.54 Å². The van der Waals surface area contributed by atoms with E-state index in [4.69, 9.17) is 15.3 Å². The molecule has 0 saturated carbocycles. The first-order valence-electron chi connectivity index (χ1n) is 4.18. The Balaban J connectivity index is 2.68. The zero-order chi connectivity index (χ0) is 11.0. The normalized spacial score (nSPS) is 10.7. The lowest BCUT2D eigenvalue weighted by Crippen LogP contribution is -2.19. The number of carboxylic acids is 1. The van der Waals surface area contributed by atoms with Crippen molar-refractivity contribution in [3.05, 3.63) is 28.7 Å². The average Bonchev–Trinajstić information content (AvgIpc) is 2.41. The highest BCUT2D eigenvalue weighted by atomic mass is 16.4. The molecular weight excluding hydrogens is 200 g/mol. The van der Waals surface area contributed by atoms with Crippen molar-refractivity contribution in [2.24, 2.45) is 0 Å². The van der Waals surface area contributed by atoms with Gasteiger partial charge >= 0.3 is 11.7 Å². The van der Waals surface area contributed by atoms with Gasteiger partial charge in [0.15, 0.2) is 5.58 Å². The van der Waals surface area contributed by atoms with Gasteiger partial charge in [-0.05, 0) is 12.1 Å². The van der Waals surface area contributed by atoms with E-state index in [-0.39, 0.29) is 0 Å². The number of aromatic nitrogens is 1. The first-order valence-corrected chi connectivity index (χ1v) is 4.18. The van der Waals surface area contributed by atoms with E-state index in [1.807, 2.05) is 0 Å². The summed E-state index contributed by atoms with van der Waals surface area (Å²) in [6.45, 7) is -0.421. The Morgan fingerprint density at radius 2 is 2.27 bits per heavy atom. The second-order valence-corrected chi connectivity index (χ2v) is 3.08. The summed E-state index contributed by atoms with van der Waals surface area (Å²) < 4.78 is 5.88. The zero-order valence-electron chi connectivity index (χ0n) is 7.64. The maximum absolute atomic E-state index is 11.3. The Morgan fingerprint density at radius 1 is 1.53 bits per heavy atom. The van der Waals surface area contributed by atoms with Gasteiger partial charge in [-0.3, -0.25) is 9.36 Å². The predicted molar refractivity (Wildman–Crippen MR) is 52.5 cm³/mol. The molecule has 0 unspecified atom stereocenters. The lowest BCUT2D eigenvalue weighted by molar-refractivity contribution is -0.137. The maximum Gasteiger partial charge on any atom is 0.420 e. The molecule has 0 aliphatic carbocycles. The number of aliphatic carboxylic acids is 1. The standard InChI is InChI=1S/C9H8N2O4/c10-5-1-2-6-7(3-5)15-9(14)11(6)4-8(12)13/h1-3H,4,10H2,(H,12,13). The van der Waals surface area contributed by atoms with Gasteiger partial charge in [0.25, 0.3) is 0 Å². The third kappa shape index (κ3) is 1.56. The van der Waals surface area contributed by atoms with Crippen LogP contribution in [0.25, 0.3) is 11.1 Å². The summed E-state index contributed by atoms with van der Waals surface area (Å²) in [6.07, 6.45) is 0. The minimum Gasteiger partial charge on any atom is -0.480 e. The van der Waals surface area contributed by atoms with E-state index >= 15 is 0 Å². The third-order valence-electron chi connectivity index (χ3n) is 1.99. The van der Waals surface area contributed by atoms with Crippen molar-refractivity contribution in [2.45, 2.75) is 6.54 Å². The number of carboxylic acid groups (broad SMARTS) is 1. The Hall–Kier alpha value is -2.24. The number of fused-ring (bicyclic) bond motifs is 1. The topological polar surface area (TPSA) is 98.5 Å². The molecule has 3 N–H and O–H groups in total. The molecule has 0 spiro atoms. The fraction of sp³-hybridized carbons (Fsp3) is 0.111. The van der Waals surface area contributed by atoms with Crippen LogP contribution in [0.15, 0.2) is 27.4 Å². The Morgan fingerprint density at radius 3 is 2.93 bits per heavy atom. The predicted octanol–water partition coefficient (Wildman–Crippen LogP) is 0.261. The molecule has 2 aromatic rings. The van der Waals surface area contributed by atoms with Crippen LogP contribution < -0.4 is 11.5 Å². The summed E-state index contributed by atoms with van der Waals surface area (Å²) in [5.41, 5.74) is 6.67. The van der Waals surface area contributed by atoms with Gasteiger partial charge in [-0.1, -0.05) is 0 Å². The van der Waals surface area contributed by atoms with E-state index in [0.29, 0.717) is 16.8 Å². The number of benzene rings is 1. The Bertz CT molecular complexity index is 581. The van der Waals surface area contributed by atoms with Crippen LogP contribution in [0, 0.1) is 0 Å². The number of nitrogens with two attached hydrogens (primary N) is 1. The summed E-state index contributed by atoms with van der Waals surface area (Å²) in [5, 5.41) is 8.60. The zero-order valence-corrected chi connectivity index (χ0v) is 7.64. The van der Waals surface area contributed by atoms with Crippen LogP contribution in [0.3, 0.4) is 0 Å². The molecule has 78 valence electrons. The lowest BCUT2D eigenvalue weighted by Gasteiger charge is -1.96. The highest BCUT2D eigenvalue weighted by Crippen LogP contribution is 2.15. The molecule has 0 atom stereocenters. The number of carbonyl (C=O) groups is 1. The smallest absolute Gasteiger partial charge is 0.420 e. The van der Waals surface area contributed by atoms with Gasteiger partial charge in [-0.2, -0.15) is 0 Å². The van der Waals surface area contributed by atoms with Gasteiger partial charge in [0, 0.05) is 11.8 Å². The second kappa shape index (κ2) is 3.16. The monoisotopic (exact) mass is 208 g/mol. The molecule has 1 aromatic heterocycles. The minimum atomic E-state index is -1.10. The van der Waals surface area contributed by atoms with Gasteiger partial charge in [0.05, 0.1) is 5.52 Å².